The second kappa shape index (κ2) is 9.38. The second-order valence-electron chi connectivity index (χ2n) is 7.10. The Balaban J connectivity index is 1.66. The van der Waals surface area contributed by atoms with Gasteiger partial charge in [-0.3, -0.25) is 4.79 Å². The lowest BCUT2D eigenvalue weighted by Gasteiger charge is -2.33. The number of nitrogens with one attached hydrogen (secondary N) is 2. The molecule has 1 amide bonds. The molecule has 2 atom stereocenters. The highest BCUT2D eigenvalue weighted by Crippen LogP contribution is 2.38. The molecule has 3 aromatic rings. The van der Waals surface area contributed by atoms with Gasteiger partial charge in [-0.15, -0.1) is 10.2 Å². The van der Waals surface area contributed by atoms with Crippen LogP contribution in [0.2, 0.25) is 0 Å². The fourth-order valence-corrected chi connectivity index (χ4v) is 4.54. The van der Waals surface area contributed by atoms with Crippen LogP contribution in [0.3, 0.4) is 0 Å². The molecule has 0 spiro atoms. The number of hydrogen-bond donors (Lipinski definition) is 2. The van der Waals surface area contributed by atoms with E-state index in [1.165, 1.54) is 17.8 Å². The lowest BCUT2D eigenvalue weighted by atomic mass is 10.0. The molecular weight excluding hydrogens is 417 g/mol. The number of para-hydroxylation sites is 1. The molecule has 31 heavy (non-hydrogen) atoms. The minimum Gasteiger partial charge on any atom is -0.494 e. The summed E-state index contributed by atoms with van der Waals surface area (Å²) >= 11 is 1.32. The first kappa shape index (κ1) is 21.2. The number of ether oxygens (including phenoxy) is 1. The molecule has 9 heteroatoms. The van der Waals surface area contributed by atoms with Crippen molar-refractivity contribution in [3.05, 3.63) is 65.7 Å². The van der Waals surface area contributed by atoms with Crippen molar-refractivity contribution in [3.8, 4) is 5.75 Å². The number of amides is 1. The summed E-state index contributed by atoms with van der Waals surface area (Å²) in [6.07, 6.45) is 1.69. The topological polar surface area (TPSA) is 81.1 Å². The van der Waals surface area contributed by atoms with Crippen molar-refractivity contribution in [3.63, 3.8) is 0 Å². The molecule has 1 aliphatic heterocycles. The van der Waals surface area contributed by atoms with E-state index in [4.69, 9.17) is 4.74 Å². The Kier molecular flexibility index (Phi) is 6.41. The van der Waals surface area contributed by atoms with Gasteiger partial charge >= 0.3 is 0 Å². The van der Waals surface area contributed by atoms with Crippen molar-refractivity contribution in [1.29, 1.82) is 0 Å². The Morgan fingerprint density at radius 2 is 1.97 bits per heavy atom. The van der Waals surface area contributed by atoms with Crippen LogP contribution in [0.15, 0.2) is 53.7 Å². The van der Waals surface area contributed by atoms with Crippen LogP contribution in [-0.2, 0) is 11.2 Å². The Bertz CT molecular complexity index is 1060. The molecule has 7 nitrogen and oxygen atoms in total. The molecule has 162 valence electrons. The van der Waals surface area contributed by atoms with E-state index in [0.29, 0.717) is 11.8 Å². The van der Waals surface area contributed by atoms with Gasteiger partial charge in [0.2, 0.25) is 11.1 Å². The molecule has 0 radical (unpaired) electrons. The third-order valence-corrected chi connectivity index (χ3v) is 6.13. The van der Waals surface area contributed by atoms with Gasteiger partial charge in [0.1, 0.15) is 16.8 Å². The number of aryl methyl sites for hydroxylation is 1. The second-order valence-corrected chi connectivity index (χ2v) is 8.21. The fourth-order valence-electron chi connectivity index (χ4n) is 3.44. The number of rotatable bonds is 7. The normalized spacial score (nSPS) is 17.5. The number of carbonyl (C=O) groups is 1. The summed E-state index contributed by atoms with van der Waals surface area (Å²) in [5.74, 6) is 0.788. The van der Waals surface area contributed by atoms with Crippen molar-refractivity contribution in [1.82, 2.24) is 14.9 Å². The zero-order valence-electron chi connectivity index (χ0n) is 17.3. The Hall–Kier alpha value is -3.07. The molecule has 4 rings (SSSR count). The Morgan fingerprint density at radius 3 is 2.68 bits per heavy atom. The number of thioether (sulfide) groups is 1. The number of anilines is 1. The van der Waals surface area contributed by atoms with Crippen LogP contribution in [0.1, 0.15) is 37.7 Å². The highest BCUT2D eigenvalue weighted by molar-refractivity contribution is 8.00. The highest BCUT2D eigenvalue weighted by Gasteiger charge is 2.38. The summed E-state index contributed by atoms with van der Waals surface area (Å²) in [7, 11) is 0. The van der Waals surface area contributed by atoms with Crippen molar-refractivity contribution < 1.29 is 13.9 Å². The molecule has 0 unspecified atom stereocenters. The van der Waals surface area contributed by atoms with Crippen molar-refractivity contribution in [2.75, 3.05) is 17.3 Å². The van der Waals surface area contributed by atoms with Crippen LogP contribution in [-0.4, -0.2) is 32.6 Å². The third kappa shape index (κ3) is 4.51. The van der Waals surface area contributed by atoms with Gasteiger partial charge < -0.3 is 15.5 Å². The maximum absolute atomic E-state index is 14.1. The molecule has 1 aromatic heterocycles. The standard InChI is InChI=1S/C22H24FN5O2S/c1-3-7-18-25-26-22-28(18)27-19(14-10-12-15(13-11-14)30-4-2)20(31-22)21(29)24-17-9-6-5-8-16(17)23/h5-6,8-13,19-20,27H,3-4,7H2,1-2H3,(H,24,29)/t19-,20-/m0/s1. The van der Waals surface area contributed by atoms with E-state index in [1.807, 2.05) is 35.9 Å². The molecule has 1 aliphatic rings. The quantitative estimate of drug-likeness (QED) is 0.573. The van der Waals surface area contributed by atoms with E-state index < -0.39 is 11.1 Å². The van der Waals surface area contributed by atoms with Crippen molar-refractivity contribution in [2.24, 2.45) is 0 Å². The number of fused-ring (bicyclic) bond motifs is 1. The van der Waals surface area contributed by atoms with Crippen molar-refractivity contribution >= 4 is 23.4 Å². The largest absolute Gasteiger partial charge is 0.494 e. The maximum atomic E-state index is 14.1. The number of hydrogen-bond acceptors (Lipinski definition) is 6. The number of nitrogens with zero attached hydrogens (tertiary/aromatic N) is 3. The molecule has 2 aromatic carbocycles. The SMILES string of the molecule is CCCc1nnc2n1N[C@@H](c1ccc(OCC)cc1)[C@@H](C(=O)Nc1ccccc1F)S2. The lowest BCUT2D eigenvalue weighted by molar-refractivity contribution is -0.116. The first-order valence-corrected chi connectivity index (χ1v) is 11.1. The zero-order chi connectivity index (χ0) is 21.8. The Labute approximate surface area is 184 Å². The van der Waals surface area contributed by atoms with E-state index in [0.717, 1.165) is 30.0 Å². The predicted octanol–water partition coefficient (Wildman–Crippen LogP) is 4.17. The smallest absolute Gasteiger partial charge is 0.240 e. The van der Waals surface area contributed by atoms with Gasteiger partial charge in [0.15, 0.2) is 5.82 Å². The van der Waals surface area contributed by atoms with E-state index in [9.17, 15) is 9.18 Å². The van der Waals surface area contributed by atoms with Gasteiger partial charge in [0.05, 0.1) is 18.3 Å². The van der Waals surface area contributed by atoms with E-state index in [1.54, 1.807) is 18.2 Å². The lowest BCUT2D eigenvalue weighted by Crippen LogP contribution is -2.41. The van der Waals surface area contributed by atoms with E-state index in [2.05, 4.69) is 27.9 Å². The average Bonchev–Trinajstić information content (AvgIpc) is 3.17. The van der Waals surface area contributed by atoms with Crippen LogP contribution in [0.5, 0.6) is 5.75 Å². The summed E-state index contributed by atoms with van der Waals surface area (Å²) in [5, 5.41) is 11.3. The maximum Gasteiger partial charge on any atom is 0.240 e. The fraction of sp³-hybridized carbons (Fsp3) is 0.318. The van der Waals surface area contributed by atoms with Crippen LogP contribution >= 0.6 is 11.8 Å². The first-order chi connectivity index (χ1) is 15.1. The highest BCUT2D eigenvalue weighted by atomic mass is 32.2. The van der Waals surface area contributed by atoms with E-state index >= 15 is 0 Å². The number of aromatic nitrogens is 3. The molecular formula is C22H24FN5O2S. The van der Waals surface area contributed by atoms with E-state index in [-0.39, 0.29) is 17.6 Å². The van der Waals surface area contributed by atoms with Gasteiger partial charge in [-0.25, -0.2) is 9.07 Å². The van der Waals surface area contributed by atoms with Crippen LogP contribution in [0.25, 0.3) is 0 Å². The molecule has 0 bridgehead atoms. The van der Waals surface area contributed by atoms with Gasteiger partial charge in [-0.05, 0) is 43.2 Å². The van der Waals surface area contributed by atoms with Crippen LogP contribution in [0, 0.1) is 5.82 Å². The first-order valence-electron chi connectivity index (χ1n) is 10.3. The van der Waals surface area contributed by atoms with Crippen LogP contribution < -0.4 is 15.5 Å². The number of carbonyl (C=O) groups excluding carboxylic acids is 1. The number of halogens is 1. The monoisotopic (exact) mass is 441 g/mol. The zero-order valence-corrected chi connectivity index (χ0v) is 18.2. The molecule has 2 heterocycles. The molecule has 0 aliphatic carbocycles. The van der Waals surface area contributed by atoms with Crippen LogP contribution in [0.4, 0.5) is 10.1 Å². The Morgan fingerprint density at radius 1 is 1.19 bits per heavy atom. The predicted molar refractivity (Wildman–Crippen MR) is 118 cm³/mol. The molecule has 0 fully saturated rings. The minimum absolute atomic E-state index is 0.150. The van der Waals surface area contributed by atoms with Crippen molar-refractivity contribution in [2.45, 2.75) is 43.1 Å². The number of benzene rings is 2. The van der Waals surface area contributed by atoms with Gasteiger partial charge in [-0.2, -0.15) is 0 Å². The summed E-state index contributed by atoms with van der Waals surface area (Å²) < 4.78 is 21.5. The molecule has 0 saturated carbocycles. The summed E-state index contributed by atoms with van der Waals surface area (Å²) in [6.45, 7) is 4.58. The molecule has 2 N–H and O–H groups in total. The van der Waals surface area contributed by atoms with Gasteiger partial charge in [0, 0.05) is 6.42 Å². The summed E-state index contributed by atoms with van der Waals surface area (Å²) in [4.78, 5) is 13.2. The van der Waals surface area contributed by atoms with Gasteiger partial charge in [-0.1, -0.05) is 43.0 Å². The summed E-state index contributed by atoms with van der Waals surface area (Å²) in [5.41, 5.74) is 4.46. The third-order valence-electron chi connectivity index (χ3n) is 4.92. The van der Waals surface area contributed by atoms with Gasteiger partial charge in [0.25, 0.3) is 0 Å². The summed E-state index contributed by atoms with van der Waals surface area (Å²) in [6, 6.07) is 13.4. The average molecular weight is 442 g/mol. The molecule has 0 saturated heterocycles. The minimum atomic E-state index is -0.580.